The first-order valence-corrected chi connectivity index (χ1v) is 6.99. The van der Waals surface area contributed by atoms with Gasteiger partial charge < -0.3 is 0 Å². The fourth-order valence-electron chi connectivity index (χ4n) is 2.19. The molecular weight excluding hydrogens is 292 g/mol. The van der Waals surface area contributed by atoms with E-state index in [0.29, 0.717) is 16.9 Å². The third-order valence-electron chi connectivity index (χ3n) is 3.50. The summed E-state index contributed by atoms with van der Waals surface area (Å²) in [6.45, 7) is 2.68. The molecule has 0 amide bonds. The Morgan fingerprint density at radius 2 is 2.11 bits per heavy atom. The SMILES string of the molecule is Cc1ccccc1Cn1[nH]c(C2CC2)c(Br)c1=O. The van der Waals surface area contributed by atoms with Gasteiger partial charge in [0.15, 0.2) is 0 Å². The molecule has 0 spiro atoms. The van der Waals surface area contributed by atoms with Crippen LogP contribution >= 0.6 is 15.9 Å². The Bertz CT molecular complexity index is 637. The number of benzene rings is 1. The van der Waals surface area contributed by atoms with E-state index >= 15 is 0 Å². The van der Waals surface area contributed by atoms with Crippen LogP contribution in [0.1, 0.15) is 35.6 Å². The van der Waals surface area contributed by atoms with Gasteiger partial charge in [0.1, 0.15) is 4.47 Å². The minimum absolute atomic E-state index is 0.0418. The van der Waals surface area contributed by atoms with Gasteiger partial charge in [-0.2, -0.15) is 0 Å². The summed E-state index contributed by atoms with van der Waals surface area (Å²) in [5, 5.41) is 3.24. The van der Waals surface area contributed by atoms with E-state index in [1.807, 2.05) is 12.1 Å². The lowest BCUT2D eigenvalue weighted by Crippen LogP contribution is -2.18. The van der Waals surface area contributed by atoms with Crippen molar-refractivity contribution in [1.29, 1.82) is 0 Å². The van der Waals surface area contributed by atoms with Gasteiger partial charge in [-0.3, -0.25) is 9.89 Å². The Balaban J connectivity index is 1.96. The lowest BCUT2D eigenvalue weighted by molar-refractivity contribution is 0.649. The number of nitrogens with zero attached hydrogens (tertiary/aromatic N) is 1. The molecule has 0 aliphatic heterocycles. The Labute approximate surface area is 114 Å². The number of H-pyrrole nitrogens is 1. The second kappa shape index (κ2) is 4.43. The van der Waals surface area contributed by atoms with Crippen molar-refractivity contribution in [1.82, 2.24) is 9.78 Å². The summed E-state index contributed by atoms with van der Waals surface area (Å²) in [7, 11) is 0. The fourth-order valence-corrected chi connectivity index (χ4v) is 2.82. The Kier molecular flexibility index (Phi) is 2.90. The van der Waals surface area contributed by atoms with E-state index in [4.69, 9.17) is 0 Å². The molecule has 1 heterocycles. The van der Waals surface area contributed by atoms with E-state index in [2.05, 4.69) is 40.1 Å². The van der Waals surface area contributed by atoms with Gasteiger partial charge in [-0.05, 0) is 46.8 Å². The van der Waals surface area contributed by atoms with Gasteiger partial charge in [-0.1, -0.05) is 24.3 Å². The predicted octanol–water partition coefficient (Wildman–Crippen LogP) is 3.17. The topological polar surface area (TPSA) is 37.8 Å². The number of aromatic nitrogens is 2. The summed E-state index contributed by atoms with van der Waals surface area (Å²) in [4.78, 5) is 12.1. The second-order valence-corrected chi connectivity index (χ2v) is 5.72. The highest BCUT2D eigenvalue weighted by molar-refractivity contribution is 9.10. The first kappa shape index (κ1) is 11.8. The second-order valence-electron chi connectivity index (χ2n) is 4.93. The van der Waals surface area contributed by atoms with Crippen molar-refractivity contribution in [2.24, 2.45) is 0 Å². The van der Waals surface area contributed by atoms with Gasteiger partial charge >= 0.3 is 0 Å². The molecule has 1 aromatic heterocycles. The molecule has 94 valence electrons. The summed E-state index contributed by atoms with van der Waals surface area (Å²) >= 11 is 3.41. The van der Waals surface area contributed by atoms with Crippen molar-refractivity contribution in [3.05, 3.63) is 55.9 Å². The van der Waals surface area contributed by atoms with Crippen molar-refractivity contribution >= 4 is 15.9 Å². The molecule has 0 saturated heterocycles. The number of nitrogens with one attached hydrogen (secondary N) is 1. The van der Waals surface area contributed by atoms with Crippen LogP contribution in [0, 0.1) is 6.92 Å². The van der Waals surface area contributed by atoms with Crippen LogP contribution in [-0.4, -0.2) is 9.78 Å². The van der Waals surface area contributed by atoms with Crippen LogP contribution in [0.5, 0.6) is 0 Å². The van der Waals surface area contributed by atoms with Gasteiger partial charge in [-0.15, -0.1) is 0 Å². The smallest absolute Gasteiger partial charge is 0.281 e. The monoisotopic (exact) mass is 306 g/mol. The van der Waals surface area contributed by atoms with Gasteiger partial charge in [0, 0.05) is 5.92 Å². The van der Waals surface area contributed by atoms with E-state index in [1.165, 1.54) is 24.0 Å². The molecule has 18 heavy (non-hydrogen) atoms. The van der Waals surface area contributed by atoms with Crippen molar-refractivity contribution in [3.63, 3.8) is 0 Å². The van der Waals surface area contributed by atoms with Crippen molar-refractivity contribution in [3.8, 4) is 0 Å². The average Bonchev–Trinajstić information content (AvgIpc) is 3.15. The third-order valence-corrected chi connectivity index (χ3v) is 4.27. The van der Waals surface area contributed by atoms with Crippen LogP contribution in [0.3, 0.4) is 0 Å². The van der Waals surface area contributed by atoms with Crippen LogP contribution in [0.4, 0.5) is 0 Å². The number of rotatable bonds is 3. The zero-order valence-electron chi connectivity index (χ0n) is 10.2. The molecular formula is C14H15BrN2O. The van der Waals surface area contributed by atoms with Crippen molar-refractivity contribution in [2.75, 3.05) is 0 Å². The van der Waals surface area contributed by atoms with Crippen LogP contribution in [0.25, 0.3) is 0 Å². The third kappa shape index (κ3) is 2.05. The molecule has 1 N–H and O–H groups in total. The highest BCUT2D eigenvalue weighted by Crippen LogP contribution is 2.41. The maximum absolute atomic E-state index is 12.1. The van der Waals surface area contributed by atoms with E-state index in [9.17, 15) is 4.79 Å². The molecule has 1 saturated carbocycles. The highest BCUT2D eigenvalue weighted by Gasteiger charge is 2.29. The molecule has 3 nitrogen and oxygen atoms in total. The number of aromatic amines is 1. The maximum Gasteiger partial charge on any atom is 0.281 e. The Hall–Kier alpha value is -1.29. The molecule has 1 fully saturated rings. The van der Waals surface area contributed by atoms with Crippen LogP contribution < -0.4 is 5.56 Å². The Morgan fingerprint density at radius 3 is 2.78 bits per heavy atom. The summed E-state index contributed by atoms with van der Waals surface area (Å²) in [5.74, 6) is 0.546. The number of hydrogen-bond donors (Lipinski definition) is 1. The maximum atomic E-state index is 12.1. The predicted molar refractivity (Wildman–Crippen MR) is 75.0 cm³/mol. The molecule has 4 heteroatoms. The van der Waals surface area contributed by atoms with Gasteiger partial charge in [0.2, 0.25) is 0 Å². The quantitative estimate of drug-likeness (QED) is 0.929. The average molecular weight is 307 g/mol. The highest BCUT2D eigenvalue weighted by atomic mass is 79.9. The molecule has 0 bridgehead atoms. The van der Waals surface area contributed by atoms with E-state index in [0.717, 1.165) is 5.69 Å². The molecule has 3 rings (SSSR count). The van der Waals surface area contributed by atoms with Gasteiger partial charge in [-0.25, -0.2) is 4.68 Å². The van der Waals surface area contributed by atoms with E-state index < -0.39 is 0 Å². The first-order chi connectivity index (χ1) is 8.66. The molecule has 0 atom stereocenters. The lowest BCUT2D eigenvalue weighted by Gasteiger charge is -2.05. The van der Waals surface area contributed by atoms with Crippen LogP contribution in [0.15, 0.2) is 33.5 Å². The lowest BCUT2D eigenvalue weighted by atomic mass is 10.1. The fraction of sp³-hybridized carbons (Fsp3) is 0.357. The summed E-state index contributed by atoms with van der Waals surface area (Å²) in [5.41, 5.74) is 3.49. The molecule has 0 unspecified atom stereocenters. The molecule has 1 aliphatic rings. The molecule has 1 aliphatic carbocycles. The van der Waals surface area contributed by atoms with E-state index in [1.54, 1.807) is 4.68 Å². The van der Waals surface area contributed by atoms with Crippen LogP contribution in [-0.2, 0) is 6.54 Å². The van der Waals surface area contributed by atoms with E-state index in [-0.39, 0.29) is 5.56 Å². The van der Waals surface area contributed by atoms with Crippen molar-refractivity contribution in [2.45, 2.75) is 32.2 Å². The Morgan fingerprint density at radius 1 is 1.39 bits per heavy atom. The zero-order valence-corrected chi connectivity index (χ0v) is 11.8. The summed E-state index contributed by atoms with van der Waals surface area (Å²) in [6, 6.07) is 8.16. The number of halogens is 1. The van der Waals surface area contributed by atoms with Crippen molar-refractivity contribution < 1.29 is 0 Å². The number of hydrogen-bond acceptors (Lipinski definition) is 1. The first-order valence-electron chi connectivity index (χ1n) is 6.19. The summed E-state index contributed by atoms with van der Waals surface area (Å²) in [6.07, 6.45) is 2.37. The number of aryl methyl sites for hydroxylation is 1. The van der Waals surface area contributed by atoms with Gasteiger partial charge in [0.25, 0.3) is 5.56 Å². The standard InChI is InChI=1S/C14H15BrN2O/c1-9-4-2-3-5-11(9)8-17-14(18)12(15)13(16-17)10-6-7-10/h2-5,10,16H,6-8H2,1H3. The van der Waals surface area contributed by atoms with Crippen LogP contribution in [0.2, 0.25) is 0 Å². The minimum atomic E-state index is 0.0418. The molecule has 2 aromatic rings. The molecule has 0 radical (unpaired) electrons. The normalized spacial score (nSPS) is 15.0. The molecule has 1 aromatic carbocycles. The largest absolute Gasteiger partial charge is 0.298 e. The van der Waals surface area contributed by atoms with Gasteiger partial charge in [0.05, 0.1) is 12.2 Å². The zero-order chi connectivity index (χ0) is 12.7. The summed E-state index contributed by atoms with van der Waals surface area (Å²) < 4.78 is 2.40. The minimum Gasteiger partial charge on any atom is -0.298 e.